The van der Waals surface area contributed by atoms with Crippen LogP contribution in [-0.4, -0.2) is 203 Å². The van der Waals surface area contributed by atoms with Crippen molar-refractivity contribution in [1.29, 1.82) is 0 Å². The largest absolute Gasteiger partial charge is 0.328 e. The van der Waals surface area contributed by atoms with E-state index in [4.69, 9.17) is 0 Å². The van der Waals surface area contributed by atoms with Crippen molar-refractivity contribution in [2.45, 2.75) is 164 Å². The zero-order chi connectivity index (χ0) is 83.4. The van der Waals surface area contributed by atoms with Crippen molar-refractivity contribution >= 4 is 107 Å². The molecular formula is C83H81BrF4N20O9. The molecule has 34 heteroatoms. The zero-order valence-corrected chi connectivity index (χ0v) is 66.9. The molecule has 3 fully saturated rings. The summed E-state index contributed by atoms with van der Waals surface area (Å²) < 4.78 is 63.6. The van der Waals surface area contributed by atoms with Crippen molar-refractivity contribution in [1.82, 2.24) is 93.7 Å². The summed E-state index contributed by atoms with van der Waals surface area (Å²) in [7, 11) is 0. The van der Waals surface area contributed by atoms with Crippen LogP contribution in [0.15, 0.2) is 133 Å². The Morgan fingerprint density at radius 3 is 1.26 bits per heavy atom. The van der Waals surface area contributed by atoms with Gasteiger partial charge in [-0.25, -0.2) is 53.0 Å². The van der Waals surface area contributed by atoms with Gasteiger partial charge in [-0.3, -0.25) is 61.9 Å². The fraction of sp³-hybridized carbons (Fsp3) is 0.337. The number of aromatic nitrogens is 16. The molecule has 4 amide bonds. The van der Waals surface area contributed by atoms with Crippen molar-refractivity contribution < 1.29 is 60.7 Å². The number of amides is 4. The second-order valence-electron chi connectivity index (χ2n) is 29.2. The Labute approximate surface area is 675 Å². The fourth-order valence-electron chi connectivity index (χ4n) is 14.6. The van der Waals surface area contributed by atoms with Gasteiger partial charge in [0.25, 0.3) is 0 Å². The lowest BCUT2D eigenvalue weighted by Crippen LogP contribution is -2.44. The van der Waals surface area contributed by atoms with Crippen LogP contribution in [0.2, 0.25) is 0 Å². The molecular weight excluding hydrogens is 1580 g/mol. The second-order valence-corrected chi connectivity index (χ2v) is 30.0. The number of fused-ring (bicyclic) bond motifs is 3. The van der Waals surface area contributed by atoms with Crippen LogP contribution in [0.5, 0.6) is 0 Å². The molecule has 29 nitrogen and oxygen atoms in total. The van der Waals surface area contributed by atoms with Crippen LogP contribution in [0.1, 0.15) is 125 Å². The average molecular weight is 1660 g/mol. The summed E-state index contributed by atoms with van der Waals surface area (Å²) in [6, 6.07) is 19.9. The SMILES string of the molecule is CC(=O)c1nn(CC(=O)N2C[C@H](F)C[C@H]2C(=O)Cc2cc(F)ncc2C)c2ccc(-c3cnc(C)nc3)cc12.CC(=O)c1nn(CC(=O)N2C[C@H](F)C[C@H]2C(=O)Nc2nc(Br)ccc2C)c2ccc(-c3cnc(C)nc3)cc12.CCCn1ccc(CC(=O)[C@@H]2C[C@@H](F)CN2C(=O)Cn2nc(C(C)=O)c3cc(-c4cnc(C)nc4)ccc32)n1. The number of nitrogens with one attached hydrogen (secondary N) is 1. The van der Waals surface area contributed by atoms with Crippen LogP contribution in [-0.2, 0) is 67.8 Å². The van der Waals surface area contributed by atoms with Gasteiger partial charge in [0, 0.05) is 135 Å². The molecule has 3 aliphatic rings. The summed E-state index contributed by atoms with van der Waals surface area (Å²) in [6.45, 7) is 14.5. The van der Waals surface area contributed by atoms with E-state index >= 15 is 0 Å². The first-order valence-corrected chi connectivity index (χ1v) is 38.6. The molecule has 3 aromatic carbocycles. The van der Waals surface area contributed by atoms with Crippen LogP contribution >= 0.6 is 15.9 Å². The number of anilines is 1. The van der Waals surface area contributed by atoms with E-state index in [0.717, 1.165) is 51.9 Å². The van der Waals surface area contributed by atoms with Crippen LogP contribution < -0.4 is 5.32 Å². The number of nitrogens with zero attached hydrogens (tertiary/aromatic N) is 19. The molecule has 12 aromatic rings. The minimum Gasteiger partial charge on any atom is -0.328 e. The number of carbonyl (C=O) groups excluding carboxylic acids is 9. The molecule has 3 saturated heterocycles. The summed E-state index contributed by atoms with van der Waals surface area (Å²) in [5.74, 6) is -1.79. The number of pyridine rings is 2. The average Bonchev–Trinajstić information content (AvgIpc) is 1.64. The third kappa shape index (κ3) is 18.6. The molecule has 3 aliphatic heterocycles. The Kier molecular flexibility index (Phi) is 24.7. The van der Waals surface area contributed by atoms with Crippen LogP contribution in [0.4, 0.5) is 23.4 Å². The highest BCUT2D eigenvalue weighted by Crippen LogP contribution is 2.34. The summed E-state index contributed by atoms with van der Waals surface area (Å²) in [5, 5.41) is 22.1. The smallest absolute Gasteiger partial charge is 0.248 e. The first-order valence-electron chi connectivity index (χ1n) is 37.8. The predicted molar refractivity (Wildman–Crippen MR) is 426 cm³/mol. The number of likely N-dealkylation sites (tertiary alicyclic amines) is 3. The number of Topliss-reactive ketones (excluding diaryl/α,β-unsaturated/α-hetero) is 5. The lowest BCUT2D eigenvalue weighted by atomic mass is 9.99. The van der Waals surface area contributed by atoms with Gasteiger partial charge in [-0.05, 0) is 145 Å². The molecule has 6 atom stereocenters. The van der Waals surface area contributed by atoms with Gasteiger partial charge in [-0.1, -0.05) is 31.2 Å². The molecule has 0 saturated carbocycles. The Bertz CT molecular complexity index is 5640. The highest BCUT2D eigenvalue weighted by molar-refractivity contribution is 9.10. The number of hydrogen-bond acceptors (Lipinski definition) is 21. The molecule has 0 bridgehead atoms. The van der Waals surface area contributed by atoms with Gasteiger partial charge < -0.3 is 20.0 Å². The first-order chi connectivity index (χ1) is 55.9. The number of carbonyl (C=O) groups is 9. The number of hydrogen-bond donors (Lipinski definition) is 1. The fourth-order valence-corrected chi connectivity index (χ4v) is 14.9. The highest BCUT2D eigenvalue weighted by Gasteiger charge is 2.43. The molecule has 0 unspecified atom stereocenters. The summed E-state index contributed by atoms with van der Waals surface area (Å²) in [4.78, 5) is 154. The van der Waals surface area contributed by atoms with Crippen molar-refractivity contribution in [2.24, 2.45) is 0 Å². The predicted octanol–water partition coefficient (Wildman–Crippen LogP) is 11.0. The van der Waals surface area contributed by atoms with E-state index in [-0.39, 0.29) is 117 Å². The normalized spacial score (nSPS) is 17.1. The number of alkyl halides is 3. The van der Waals surface area contributed by atoms with Gasteiger partial charge in [-0.2, -0.15) is 24.8 Å². The van der Waals surface area contributed by atoms with Gasteiger partial charge in [0.15, 0.2) is 28.9 Å². The van der Waals surface area contributed by atoms with Crippen molar-refractivity contribution in [2.75, 3.05) is 25.0 Å². The molecule has 1 N–H and O–H groups in total. The molecule has 0 aliphatic carbocycles. The molecule has 117 heavy (non-hydrogen) atoms. The van der Waals surface area contributed by atoms with E-state index < -0.39 is 66.2 Å². The topological polar surface area (TPSA) is 350 Å². The second kappa shape index (κ2) is 35.1. The maximum absolute atomic E-state index is 14.5. The third-order valence-corrected chi connectivity index (χ3v) is 21.0. The maximum Gasteiger partial charge on any atom is 0.248 e. The highest BCUT2D eigenvalue weighted by atomic mass is 79.9. The van der Waals surface area contributed by atoms with Crippen molar-refractivity contribution in [3.63, 3.8) is 0 Å². The maximum atomic E-state index is 14.5. The Hall–Kier alpha value is -12.8. The van der Waals surface area contributed by atoms with Gasteiger partial charge in [0.05, 0.1) is 60.4 Å². The number of benzene rings is 3. The van der Waals surface area contributed by atoms with Gasteiger partial charge in [-0.15, -0.1) is 0 Å². The van der Waals surface area contributed by atoms with Crippen LogP contribution in [0, 0.1) is 40.6 Å². The third-order valence-electron chi connectivity index (χ3n) is 20.6. The van der Waals surface area contributed by atoms with Crippen LogP contribution in [0.3, 0.4) is 0 Å². The number of rotatable bonds is 22. The molecule has 15 rings (SSSR count). The van der Waals surface area contributed by atoms with Gasteiger partial charge in [0.1, 0.15) is 89.2 Å². The van der Waals surface area contributed by atoms with E-state index in [1.165, 1.54) is 61.8 Å². The quantitative estimate of drug-likeness (QED) is 0.0374. The minimum absolute atomic E-state index is 0.0303. The van der Waals surface area contributed by atoms with E-state index in [9.17, 15) is 60.7 Å². The summed E-state index contributed by atoms with van der Waals surface area (Å²) in [5.41, 5.74) is 9.45. The number of aryl methyl sites for hydroxylation is 6. The van der Waals surface area contributed by atoms with Crippen LogP contribution in [0.25, 0.3) is 66.1 Å². The minimum atomic E-state index is -1.36. The van der Waals surface area contributed by atoms with Gasteiger partial charge in [0.2, 0.25) is 29.6 Å². The molecule has 602 valence electrons. The Morgan fingerprint density at radius 1 is 0.462 bits per heavy atom. The molecule has 9 aromatic heterocycles. The summed E-state index contributed by atoms with van der Waals surface area (Å²) in [6.07, 6.45) is 9.84. The van der Waals surface area contributed by atoms with E-state index in [1.807, 2.05) is 43.5 Å². The summed E-state index contributed by atoms with van der Waals surface area (Å²) >= 11 is 3.28. The van der Waals surface area contributed by atoms with Gasteiger partial charge >= 0.3 is 0 Å². The lowest BCUT2D eigenvalue weighted by Gasteiger charge is -2.24. The van der Waals surface area contributed by atoms with E-state index in [0.29, 0.717) is 77.4 Å². The van der Waals surface area contributed by atoms with Crippen molar-refractivity contribution in [3.05, 3.63) is 196 Å². The monoisotopic (exact) mass is 1660 g/mol. The Morgan fingerprint density at radius 2 is 0.855 bits per heavy atom. The number of ketones is 5. The van der Waals surface area contributed by atoms with E-state index in [2.05, 4.69) is 81.5 Å². The lowest BCUT2D eigenvalue weighted by molar-refractivity contribution is -0.138. The van der Waals surface area contributed by atoms with Crippen molar-refractivity contribution in [3.8, 4) is 33.4 Å². The molecule has 12 heterocycles. The zero-order valence-electron chi connectivity index (χ0n) is 65.3. The van der Waals surface area contributed by atoms with E-state index in [1.54, 1.807) is 119 Å². The Balaban J connectivity index is 0.000000152. The number of halogens is 5. The standard InChI is InChI=1S/C28H26F2N6O3.C28H30FN7O3.C27H25BrFN7O3/c1-15-10-33-26(30)8-19(15)7-25(38)24-9-21(29)13-35(24)27(39)14-36-23-5-4-18(20-11-31-17(3)32-12-20)6-22(23)28(34-36)16(2)37;1-4-8-34-9-7-22(32-34)12-26(38)25-11-21(29)15-35(25)27(39)16-36-24-6-5-19(20-13-30-18(3)31-14-20)10-23(24)28(33-36)17(2)37;1-14-4-7-23(28)32-26(14)33-27(39)22-9-19(29)12-35(22)24(38)13-36-21-6-5-17(18-10-30-16(3)31-11-18)8-20(21)25(34-36)15(2)37/h4-6,8,10-12,21,24H,7,9,13-14H2,1-3H3;5-7,9-10,13-14,21,25H,4,8,11-12,15-16H2,1-3H3;4-8,10-11,19,22H,9,12-13H2,1-3H3,(H,32,33,39)/t21-,24+;21-,25+;19-,22+/m111/s1. The first kappa shape index (κ1) is 82.2. The molecule has 0 radical (unpaired) electrons. The molecule has 0 spiro atoms.